The predicted octanol–water partition coefficient (Wildman–Crippen LogP) is 2.38. The summed E-state index contributed by atoms with van der Waals surface area (Å²) in [6, 6.07) is 14.7. The fourth-order valence-corrected chi connectivity index (χ4v) is 3.50. The summed E-state index contributed by atoms with van der Waals surface area (Å²) in [6.45, 7) is 1.35. The third kappa shape index (κ3) is 5.10. The van der Waals surface area contributed by atoms with Crippen LogP contribution in [0.3, 0.4) is 0 Å². The Kier molecular flexibility index (Phi) is 7.30. The zero-order chi connectivity index (χ0) is 21.5. The van der Waals surface area contributed by atoms with Gasteiger partial charge in [0.2, 0.25) is 11.8 Å². The molecule has 0 N–H and O–H groups in total. The number of carbonyl (C=O) groups is 2. The molecule has 1 aliphatic rings. The molecule has 0 radical (unpaired) electrons. The topological polar surface area (TPSA) is 68.3 Å². The molecule has 7 nitrogen and oxygen atoms in total. The highest BCUT2D eigenvalue weighted by Crippen LogP contribution is 2.28. The average Bonchev–Trinajstić information content (AvgIpc) is 3.06. The molecule has 1 heterocycles. The standard InChI is InChI=1S/C23H28N2O5/c1-24(13-14-30-18-7-5-4-6-8-18)19-16-22(26)25(23(19)27)12-11-17-9-10-20(28-2)21(15-17)29-3/h4-10,15,19H,11-14,16H2,1-3H3/t19-/m1/s1. The Morgan fingerprint density at radius 2 is 1.77 bits per heavy atom. The van der Waals surface area contributed by atoms with Crippen LogP contribution < -0.4 is 14.2 Å². The molecule has 7 heteroatoms. The van der Waals surface area contributed by atoms with Crippen LogP contribution in [0.2, 0.25) is 0 Å². The third-order valence-electron chi connectivity index (χ3n) is 5.28. The number of ether oxygens (including phenoxy) is 3. The summed E-state index contributed by atoms with van der Waals surface area (Å²) >= 11 is 0. The van der Waals surface area contributed by atoms with Crippen LogP contribution in [0.15, 0.2) is 48.5 Å². The fraction of sp³-hybridized carbons (Fsp3) is 0.391. The Labute approximate surface area is 177 Å². The minimum absolute atomic E-state index is 0.138. The summed E-state index contributed by atoms with van der Waals surface area (Å²) in [5.74, 6) is 1.78. The molecule has 0 aromatic heterocycles. The van der Waals surface area contributed by atoms with Crippen molar-refractivity contribution in [3.05, 3.63) is 54.1 Å². The molecule has 30 heavy (non-hydrogen) atoms. The van der Waals surface area contributed by atoms with Gasteiger partial charge in [0.1, 0.15) is 12.4 Å². The predicted molar refractivity (Wildman–Crippen MR) is 113 cm³/mol. The van der Waals surface area contributed by atoms with E-state index in [9.17, 15) is 9.59 Å². The molecular weight excluding hydrogens is 384 g/mol. The number of rotatable bonds is 10. The van der Waals surface area contributed by atoms with E-state index in [1.807, 2.05) is 60.5 Å². The lowest BCUT2D eigenvalue weighted by molar-refractivity contribution is -0.139. The van der Waals surface area contributed by atoms with Crippen LogP contribution in [0.1, 0.15) is 12.0 Å². The van der Waals surface area contributed by atoms with Gasteiger partial charge in [-0.25, -0.2) is 0 Å². The number of carbonyl (C=O) groups excluding carboxylic acids is 2. The summed E-state index contributed by atoms with van der Waals surface area (Å²) < 4.78 is 16.3. The van der Waals surface area contributed by atoms with Crippen LogP contribution >= 0.6 is 0 Å². The number of likely N-dealkylation sites (N-methyl/N-ethyl adjacent to an activating group) is 1. The van der Waals surface area contributed by atoms with E-state index in [0.717, 1.165) is 11.3 Å². The molecule has 1 fully saturated rings. The van der Waals surface area contributed by atoms with Crippen LogP contribution in [0.4, 0.5) is 0 Å². The largest absolute Gasteiger partial charge is 0.493 e. The summed E-state index contributed by atoms with van der Waals surface area (Å²) in [5.41, 5.74) is 0.973. The van der Waals surface area contributed by atoms with E-state index >= 15 is 0 Å². The van der Waals surface area contributed by atoms with Crippen LogP contribution in [-0.2, 0) is 16.0 Å². The molecule has 2 aromatic carbocycles. The number of hydrogen-bond donors (Lipinski definition) is 0. The van der Waals surface area contributed by atoms with Gasteiger partial charge in [0, 0.05) is 13.1 Å². The molecule has 0 aliphatic carbocycles. The molecule has 0 bridgehead atoms. The van der Waals surface area contributed by atoms with Gasteiger partial charge in [-0.2, -0.15) is 0 Å². The maximum atomic E-state index is 12.8. The van der Waals surface area contributed by atoms with Gasteiger partial charge in [-0.15, -0.1) is 0 Å². The molecule has 0 unspecified atom stereocenters. The van der Waals surface area contributed by atoms with Crippen LogP contribution in [0, 0.1) is 0 Å². The molecule has 2 amide bonds. The van der Waals surface area contributed by atoms with Gasteiger partial charge in [0.25, 0.3) is 0 Å². The number of imide groups is 1. The summed E-state index contributed by atoms with van der Waals surface area (Å²) in [6.07, 6.45) is 0.762. The minimum Gasteiger partial charge on any atom is -0.493 e. The number of nitrogens with zero attached hydrogens (tertiary/aromatic N) is 2. The Balaban J connectivity index is 1.52. The highest BCUT2D eigenvalue weighted by atomic mass is 16.5. The molecule has 1 saturated heterocycles. The van der Waals surface area contributed by atoms with Crippen molar-refractivity contribution in [2.24, 2.45) is 0 Å². The fourth-order valence-electron chi connectivity index (χ4n) is 3.50. The zero-order valence-corrected chi connectivity index (χ0v) is 17.7. The van der Waals surface area contributed by atoms with Crippen molar-refractivity contribution in [3.8, 4) is 17.2 Å². The van der Waals surface area contributed by atoms with Gasteiger partial charge in [0.05, 0.1) is 26.7 Å². The van der Waals surface area contributed by atoms with Gasteiger partial charge in [0.15, 0.2) is 11.5 Å². The quantitative estimate of drug-likeness (QED) is 0.558. The minimum atomic E-state index is -0.442. The number of para-hydroxylation sites is 1. The van der Waals surface area contributed by atoms with Crippen LogP contribution in [0.5, 0.6) is 17.2 Å². The van der Waals surface area contributed by atoms with Crippen molar-refractivity contribution in [1.82, 2.24) is 9.80 Å². The first kappa shape index (κ1) is 21.6. The molecule has 160 valence electrons. The van der Waals surface area contributed by atoms with Crippen LogP contribution in [-0.4, -0.2) is 68.6 Å². The summed E-state index contributed by atoms with van der Waals surface area (Å²) in [5, 5.41) is 0. The van der Waals surface area contributed by atoms with Gasteiger partial charge in [-0.05, 0) is 43.3 Å². The first-order valence-electron chi connectivity index (χ1n) is 9.96. The number of methoxy groups -OCH3 is 2. The molecule has 2 aromatic rings. The second kappa shape index (κ2) is 10.1. The summed E-state index contributed by atoms with van der Waals surface area (Å²) in [7, 11) is 5.01. The second-order valence-electron chi connectivity index (χ2n) is 7.18. The molecule has 0 saturated carbocycles. The maximum Gasteiger partial charge on any atom is 0.247 e. The Hall–Kier alpha value is -3.06. The molecular formula is C23H28N2O5. The Morgan fingerprint density at radius 1 is 1.03 bits per heavy atom. The monoisotopic (exact) mass is 412 g/mol. The number of amides is 2. The van der Waals surface area contributed by atoms with Crippen LogP contribution in [0.25, 0.3) is 0 Å². The van der Waals surface area contributed by atoms with Gasteiger partial charge < -0.3 is 14.2 Å². The van der Waals surface area contributed by atoms with E-state index in [-0.39, 0.29) is 18.2 Å². The summed E-state index contributed by atoms with van der Waals surface area (Å²) in [4.78, 5) is 28.5. The van der Waals surface area contributed by atoms with Crippen molar-refractivity contribution in [2.75, 3.05) is 41.0 Å². The van der Waals surface area contributed by atoms with Gasteiger partial charge in [-0.1, -0.05) is 24.3 Å². The van der Waals surface area contributed by atoms with Crippen molar-refractivity contribution >= 4 is 11.8 Å². The Bertz CT molecular complexity index is 871. The molecule has 3 rings (SSSR count). The van der Waals surface area contributed by atoms with Crippen molar-refractivity contribution in [3.63, 3.8) is 0 Å². The molecule has 0 spiro atoms. The number of likely N-dealkylation sites (tertiary alicyclic amines) is 1. The number of hydrogen-bond acceptors (Lipinski definition) is 6. The molecule has 1 aliphatic heterocycles. The third-order valence-corrected chi connectivity index (χ3v) is 5.28. The van der Waals surface area contributed by atoms with Crippen molar-refractivity contribution in [1.29, 1.82) is 0 Å². The average molecular weight is 412 g/mol. The lowest BCUT2D eigenvalue weighted by Crippen LogP contribution is -2.42. The smallest absolute Gasteiger partial charge is 0.247 e. The molecule has 1 atom stereocenters. The zero-order valence-electron chi connectivity index (χ0n) is 17.7. The second-order valence-corrected chi connectivity index (χ2v) is 7.18. The lowest BCUT2D eigenvalue weighted by Gasteiger charge is -2.23. The highest BCUT2D eigenvalue weighted by molar-refractivity contribution is 6.05. The van der Waals surface area contributed by atoms with E-state index in [1.54, 1.807) is 14.2 Å². The van der Waals surface area contributed by atoms with Gasteiger partial charge >= 0.3 is 0 Å². The highest BCUT2D eigenvalue weighted by Gasteiger charge is 2.40. The van der Waals surface area contributed by atoms with E-state index in [1.165, 1.54) is 4.90 Å². The van der Waals surface area contributed by atoms with Crippen molar-refractivity contribution in [2.45, 2.75) is 18.9 Å². The van der Waals surface area contributed by atoms with Gasteiger partial charge in [-0.3, -0.25) is 19.4 Å². The SMILES string of the molecule is COc1ccc(CCN2C(=O)C[C@@H](N(C)CCOc3ccccc3)C2=O)cc1OC. The number of benzene rings is 2. The lowest BCUT2D eigenvalue weighted by atomic mass is 10.1. The van der Waals surface area contributed by atoms with E-state index < -0.39 is 6.04 Å². The van der Waals surface area contributed by atoms with E-state index in [4.69, 9.17) is 14.2 Å². The first-order chi connectivity index (χ1) is 14.5. The van der Waals surface area contributed by atoms with E-state index in [0.29, 0.717) is 37.6 Å². The first-order valence-corrected chi connectivity index (χ1v) is 9.96. The maximum absolute atomic E-state index is 12.8. The van der Waals surface area contributed by atoms with E-state index in [2.05, 4.69) is 0 Å². The normalized spacial score (nSPS) is 16.3. The van der Waals surface area contributed by atoms with Crippen molar-refractivity contribution < 1.29 is 23.8 Å². The Morgan fingerprint density at radius 3 is 2.47 bits per heavy atom.